The van der Waals surface area contributed by atoms with Crippen LogP contribution in [0.4, 0.5) is 0 Å². The van der Waals surface area contributed by atoms with Gasteiger partial charge in [0.1, 0.15) is 11.4 Å². The van der Waals surface area contributed by atoms with Gasteiger partial charge in [0.25, 0.3) is 0 Å². The van der Waals surface area contributed by atoms with Crippen molar-refractivity contribution in [1.29, 1.82) is 0 Å². The molecule has 2 rings (SSSR count). The van der Waals surface area contributed by atoms with Gasteiger partial charge >= 0.3 is 51.4 Å². The topological polar surface area (TPSA) is 72.4 Å². The molecular formula is C10H14KNO3. The van der Waals surface area contributed by atoms with Gasteiger partial charge in [0.05, 0.1) is 13.2 Å². The fraction of sp³-hybridized carbons (Fsp3) is 0.500. The van der Waals surface area contributed by atoms with Crippen LogP contribution >= 0.6 is 0 Å². The number of nitrogens with zero attached hydrogens (tertiary/aromatic N) is 1. The third-order valence-corrected chi connectivity index (χ3v) is 2.17. The monoisotopic (exact) mass is 235 g/mol. The molecule has 0 aromatic carbocycles. The fourth-order valence-electron chi connectivity index (χ4n) is 1.17. The van der Waals surface area contributed by atoms with Gasteiger partial charge in [-0.25, -0.2) is 0 Å². The van der Waals surface area contributed by atoms with E-state index in [9.17, 15) is 0 Å². The van der Waals surface area contributed by atoms with Crippen molar-refractivity contribution in [3.63, 3.8) is 0 Å². The SMILES string of the molecule is OCc1ncccc1OCC1CC1.[K+].[OH-]. The van der Waals surface area contributed by atoms with Crippen LogP contribution < -0.4 is 56.1 Å². The number of aromatic nitrogens is 1. The van der Waals surface area contributed by atoms with E-state index in [1.807, 2.05) is 12.1 Å². The molecule has 0 aliphatic heterocycles. The minimum atomic E-state index is -0.0547. The van der Waals surface area contributed by atoms with E-state index < -0.39 is 0 Å². The van der Waals surface area contributed by atoms with E-state index in [-0.39, 0.29) is 63.5 Å². The van der Waals surface area contributed by atoms with E-state index in [4.69, 9.17) is 9.84 Å². The van der Waals surface area contributed by atoms with Gasteiger partial charge < -0.3 is 15.3 Å². The standard InChI is InChI=1S/C10H13NO2.K.H2O/c12-6-9-10(2-1-5-11-9)13-7-8-3-4-8;;/h1-2,5,8,12H,3-4,6-7H2;;1H2/q;+1;/p-1. The molecule has 0 saturated heterocycles. The van der Waals surface area contributed by atoms with Gasteiger partial charge in [-0.15, -0.1) is 0 Å². The number of pyridine rings is 1. The minimum Gasteiger partial charge on any atom is -0.870 e. The van der Waals surface area contributed by atoms with Crippen LogP contribution in [0.1, 0.15) is 18.5 Å². The second-order valence-corrected chi connectivity index (χ2v) is 3.36. The second kappa shape index (κ2) is 7.73. The molecule has 0 bridgehead atoms. The van der Waals surface area contributed by atoms with Crippen LogP contribution in [0.3, 0.4) is 0 Å². The fourth-order valence-corrected chi connectivity index (χ4v) is 1.17. The van der Waals surface area contributed by atoms with Gasteiger partial charge in [-0.2, -0.15) is 0 Å². The van der Waals surface area contributed by atoms with Gasteiger partial charge in [0, 0.05) is 6.20 Å². The first kappa shape index (κ1) is 15.5. The predicted octanol–water partition coefficient (Wildman–Crippen LogP) is -1.81. The molecule has 78 valence electrons. The maximum absolute atomic E-state index is 8.96. The van der Waals surface area contributed by atoms with Gasteiger partial charge in [-0.05, 0) is 30.9 Å². The van der Waals surface area contributed by atoms with E-state index in [1.54, 1.807) is 6.20 Å². The molecule has 1 aliphatic carbocycles. The summed E-state index contributed by atoms with van der Waals surface area (Å²) < 4.78 is 5.53. The summed E-state index contributed by atoms with van der Waals surface area (Å²) >= 11 is 0. The Labute approximate surface area is 132 Å². The maximum Gasteiger partial charge on any atom is 1.00 e. The second-order valence-electron chi connectivity index (χ2n) is 3.36. The van der Waals surface area contributed by atoms with Crippen LogP contribution in [0, 0.1) is 5.92 Å². The van der Waals surface area contributed by atoms with E-state index in [0.717, 1.165) is 18.3 Å². The van der Waals surface area contributed by atoms with Crippen molar-refractivity contribution in [2.45, 2.75) is 19.4 Å². The number of aliphatic hydroxyl groups excluding tert-OH is 1. The molecule has 1 heterocycles. The molecule has 15 heavy (non-hydrogen) atoms. The molecule has 0 radical (unpaired) electrons. The molecule has 1 aliphatic rings. The van der Waals surface area contributed by atoms with Gasteiger partial charge in [0.15, 0.2) is 0 Å². The average molecular weight is 235 g/mol. The summed E-state index contributed by atoms with van der Waals surface area (Å²) in [6.45, 7) is 0.708. The summed E-state index contributed by atoms with van der Waals surface area (Å²) in [6, 6.07) is 3.67. The molecule has 5 heteroatoms. The third kappa shape index (κ3) is 4.91. The van der Waals surface area contributed by atoms with E-state index in [0.29, 0.717) is 5.69 Å². The van der Waals surface area contributed by atoms with Gasteiger partial charge in [-0.3, -0.25) is 4.98 Å². The molecule has 1 saturated carbocycles. The van der Waals surface area contributed by atoms with E-state index >= 15 is 0 Å². The van der Waals surface area contributed by atoms with Crippen molar-refractivity contribution in [2.75, 3.05) is 6.61 Å². The first-order valence-electron chi connectivity index (χ1n) is 4.57. The number of rotatable bonds is 4. The Hall–Kier alpha value is 0.506. The van der Waals surface area contributed by atoms with E-state index in [2.05, 4.69) is 4.98 Å². The first-order chi connectivity index (χ1) is 6.40. The molecule has 2 N–H and O–H groups in total. The Bertz CT molecular complexity index is 292. The Balaban J connectivity index is 0.000000980. The summed E-state index contributed by atoms with van der Waals surface area (Å²) in [5.74, 6) is 1.45. The number of ether oxygens (including phenoxy) is 1. The summed E-state index contributed by atoms with van der Waals surface area (Å²) in [7, 11) is 0. The molecule has 0 atom stereocenters. The summed E-state index contributed by atoms with van der Waals surface area (Å²) in [5, 5.41) is 8.96. The van der Waals surface area contributed by atoms with Gasteiger partial charge in [0.2, 0.25) is 0 Å². The van der Waals surface area contributed by atoms with Crippen molar-refractivity contribution in [3.8, 4) is 5.75 Å². The zero-order valence-corrected chi connectivity index (χ0v) is 12.0. The number of hydrogen-bond donors (Lipinski definition) is 1. The van der Waals surface area contributed by atoms with Crippen molar-refractivity contribution in [1.82, 2.24) is 4.98 Å². The maximum atomic E-state index is 8.96. The molecule has 0 amide bonds. The zero-order chi connectivity index (χ0) is 9.10. The molecule has 1 fully saturated rings. The Morgan fingerprint density at radius 2 is 2.20 bits per heavy atom. The summed E-state index contributed by atoms with van der Waals surface area (Å²) in [6.07, 6.45) is 4.21. The van der Waals surface area contributed by atoms with Crippen molar-refractivity contribution in [3.05, 3.63) is 24.0 Å². The minimum absolute atomic E-state index is 0. The average Bonchev–Trinajstić information content (AvgIpc) is 2.99. The molecular weight excluding hydrogens is 221 g/mol. The van der Waals surface area contributed by atoms with Crippen LogP contribution in [-0.2, 0) is 6.61 Å². The molecule has 1 aromatic heterocycles. The summed E-state index contributed by atoms with van der Waals surface area (Å²) in [5.41, 5.74) is 0.628. The van der Waals surface area contributed by atoms with Crippen LogP contribution in [-0.4, -0.2) is 22.2 Å². The van der Waals surface area contributed by atoms with Crippen molar-refractivity contribution >= 4 is 0 Å². The predicted molar refractivity (Wildman–Crippen MR) is 50.3 cm³/mol. The van der Waals surface area contributed by atoms with Crippen LogP contribution in [0.2, 0.25) is 0 Å². The Morgan fingerprint density at radius 1 is 1.47 bits per heavy atom. The summed E-state index contributed by atoms with van der Waals surface area (Å²) in [4.78, 5) is 4.02. The van der Waals surface area contributed by atoms with Crippen LogP contribution in [0.15, 0.2) is 18.3 Å². The Kier molecular flexibility index (Phi) is 7.99. The molecule has 0 spiro atoms. The third-order valence-electron chi connectivity index (χ3n) is 2.17. The van der Waals surface area contributed by atoms with Crippen LogP contribution in [0.25, 0.3) is 0 Å². The largest absolute Gasteiger partial charge is 1.00 e. The first-order valence-corrected chi connectivity index (χ1v) is 4.57. The van der Waals surface area contributed by atoms with E-state index in [1.165, 1.54) is 12.8 Å². The Morgan fingerprint density at radius 3 is 2.80 bits per heavy atom. The zero-order valence-electron chi connectivity index (χ0n) is 8.89. The smallest absolute Gasteiger partial charge is 0.870 e. The van der Waals surface area contributed by atoms with Crippen LogP contribution in [0.5, 0.6) is 5.75 Å². The quantitative estimate of drug-likeness (QED) is 0.624. The normalized spacial score (nSPS) is 13.7. The molecule has 1 aromatic rings. The molecule has 4 nitrogen and oxygen atoms in total. The molecule has 0 unspecified atom stereocenters. The van der Waals surface area contributed by atoms with Gasteiger partial charge in [-0.1, -0.05) is 0 Å². The van der Waals surface area contributed by atoms with Crippen molar-refractivity contribution in [2.24, 2.45) is 5.92 Å². The van der Waals surface area contributed by atoms with Crippen molar-refractivity contribution < 1.29 is 66.7 Å². The number of hydrogen-bond acceptors (Lipinski definition) is 4. The number of aliphatic hydroxyl groups is 1.